The summed E-state index contributed by atoms with van der Waals surface area (Å²) in [6.45, 7) is 0. The Morgan fingerprint density at radius 2 is 1.07 bits per heavy atom. The Bertz CT molecular complexity index is 911. The third-order valence-corrected chi connectivity index (χ3v) is 7.91. The molecule has 4 fully saturated rings. The first-order chi connectivity index (χ1) is 14.3. The zero-order valence-corrected chi connectivity index (χ0v) is 17.0. The minimum atomic E-state index is 0.179. The van der Waals surface area contributed by atoms with Gasteiger partial charge in [-0.3, -0.25) is 0 Å². The van der Waals surface area contributed by atoms with E-state index in [9.17, 15) is 0 Å². The molecule has 3 aromatic carbocycles. The molecule has 3 aromatic rings. The van der Waals surface area contributed by atoms with Crippen LogP contribution in [0, 0.1) is 17.8 Å². The van der Waals surface area contributed by atoms with Crippen molar-refractivity contribution in [2.24, 2.45) is 17.8 Å². The van der Waals surface area contributed by atoms with Gasteiger partial charge in [0, 0.05) is 17.3 Å². The summed E-state index contributed by atoms with van der Waals surface area (Å²) in [4.78, 5) is 2.75. The number of para-hydroxylation sites is 2. The minimum Gasteiger partial charge on any atom is -0.335 e. The summed E-state index contributed by atoms with van der Waals surface area (Å²) < 4.78 is 0. The lowest BCUT2D eigenvalue weighted by atomic mass is 9.46. The number of hydrogen-bond acceptors (Lipinski definition) is 1. The quantitative estimate of drug-likeness (QED) is 0.464. The van der Waals surface area contributed by atoms with Gasteiger partial charge in [-0.05, 0) is 79.7 Å². The van der Waals surface area contributed by atoms with Crippen molar-refractivity contribution in [3.05, 3.63) is 96.6 Å². The molecule has 0 heterocycles. The highest BCUT2D eigenvalue weighted by atomic mass is 15.2. The van der Waals surface area contributed by atoms with Crippen molar-refractivity contribution in [1.82, 2.24) is 0 Å². The number of rotatable bonds is 4. The van der Waals surface area contributed by atoms with E-state index in [0.717, 1.165) is 17.8 Å². The summed E-state index contributed by atoms with van der Waals surface area (Å²) in [5, 5.41) is 0. The van der Waals surface area contributed by atoms with Gasteiger partial charge in [0.2, 0.25) is 0 Å². The maximum atomic E-state index is 2.75. The van der Waals surface area contributed by atoms with Crippen molar-refractivity contribution in [1.29, 1.82) is 0 Å². The number of hydrogen-bond donors (Lipinski definition) is 0. The molecule has 4 saturated carbocycles. The molecule has 146 valence electrons. The van der Waals surface area contributed by atoms with Gasteiger partial charge in [-0.15, -0.1) is 0 Å². The Kier molecular flexibility index (Phi) is 4.04. The van der Waals surface area contributed by atoms with E-state index in [2.05, 4.69) is 95.9 Å². The second kappa shape index (κ2) is 6.76. The summed E-state index contributed by atoms with van der Waals surface area (Å²) >= 11 is 0. The molecule has 3 unspecified atom stereocenters. The van der Waals surface area contributed by atoms with Gasteiger partial charge in [0.15, 0.2) is 0 Å². The van der Waals surface area contributed by atoms with Crippen molar-refractivity contribution in [3.8, 4) is 0 Å². The fourth-order valence-electron chi connectivity index (χ4n) is 7.38. The van der Waals surface area contributed by atoms with Crippen molar-refractivity contribution < 1.29 is 0 Å². The van der Waals surface area contributed by atoms with Crippen LogP contribution in [-0.2, 0) is 0 Å². The average Bonchev–Trinajstić information content (AvgIpc) is 2.75. The molecular weight excluding hydrogens is 350 g/mol. The largest absolute Gasteiger partial charge is 0.335 e. The van der Waals surface area contributed by atoms with E-state index in [4.69, 9.17) is 0 Å². The van der Waals surface area contributed by atoms with E-state index in [1.54, 1.807) is 5.56 Å². The lowest BCUT2D eigenvalue weighted by molar-refractivity contribution is -0.0218. The molecule has 0 aromatic heterocycles. The standard InChI is InChI=1S/C28H29N/c1-4-10-23(11-5-1)27-24-17-21-16-22(18-24)20-28(27,19-21)29(25-12-6-2-7-13-25)26-14-8-3-9-15-26/h1-15,21-22,24,27H,16-20H2. The van der Waals surface area contributed by atoms with Crippen LogP contribution in [0.4, 0.5) is 11.4 Å². The van der Waals surface area contributed by atoms with E-state index in [-0.39, 0.29) is 5.54 Å². The lowest BCUT2D eigenvalue weighted by Gasteiger charge is -2.65. The molecule has 0 amide bonds. The minimum absolute atomic E-state index is 0.179. The third kappa shape index (κ3) is 2.74. The first-order valence-electron chi connectivity index (χ1n) is 11.3. The molecule has 29 heavy (non-hydrogen) atoms. The van der Waals surface area contributed by atoms with Gasteiger partial charge in [-0.1, -0.05) is 66.7 Å². The third-order valence-electron chi connectivity index (χ3n) is 7.91. The van der Waals surface area contributed by atoms with Crippen molar-refractivity contribution in [3.63, 3.8) is 0 Å². The van der Waals surface area contributed by atoms with E-state index in [0.29, 0.717) is 5.92 Å². The van der Waals surface area contributed by atoms with Crippen LogP contribution >= 0.6 is 0 Å². The van der Waals surface area contributed by atoms with E-state index in [1.807, 2.05) is 0 Å². The Morgan fingerprint density at radius 3 is 1.59 bits per heavy atom. The maximum Gasteiger partial charge on any atom is 0.0527 e. The van der Waals surface area contributed by atoms with Gasteiger partial charge in [-0.2, -0.15) is 0 Å². The van der Waals surface area contributed by atoms with E-state index >= 15 is 0 Å². The molecule has 3 atom stereocenters. The molecule has 1 heteroatoms. The smallest absolute Gasteiger partial charge is 0.0527 e. The van der Waals surface area contributed by atoms with Crippen LogP contribution in [0.2, 0.25) is 0 Å². The zero-order chi connectivity index (χ0) is 19.3. The van der Waals surface area contributed by atoms with Gasteiger partial charge in [0.1, 0.15) is 0 Å². The predicted octanol–water partition coefficient (Wildman–Crippen LogP) is 7.19. The van der Waals surface area contributed by atoms with Crippen LogP contribution in [-0.4, -0.2) is 5.54 Å². The highest BCUT2D eigenvalue weighted by Crippen LogP contribution is 2.65. The SMILES string of the molecule is c1ccc(C2C3CC4CC(C3)CC2(N(c2ccccc2)c2ccccc2)C4)cc1. The number of benzene rings is 3. The monoisotopic (exact) mass is 379 g/mol. The summed E-state index contributed by atoms with van der Waals surface area (Å²) in [5.74, 6) is 3.21. The van der Waals surface area contributed by atoms with Gasteiger partial charge in [0.25, 0.3) is 0 Å². The molecule has 0 saturated heterocycles. The van der Waals surface area contributed by atoms with Gasteiger partial charge >= 0.3 is 0 Å². The number of anilines is 2. The predicted molar refractivity (Wildman–Crippen MR) is 120 cm³/mol. The first kappa shape index (κ1) is 17.3. The van der Waals surface area contributed by atoms with Crippen LogP contribution in [0.15, 0.2) is 91.0 Å². The van der Waals surface area contributed by atoms with Crippen molar-refractivity contribution >= 4 is 11.4 Å². The lowest BCUT2D eigenvalue weighted by Crippen LogP contribution is -2.63. The highest BCUT2D eigenvalue weighted by molar-refractivity contribution is 5.67. The van der Waals surface area contributed by atoms with Gasteiger partial charge < -0.3 is 4.90 Å². The molecule has 0 aliphatic heterocycles. The zero-order valence-electron chi connectivity index (χ0n) is 17.0. The second-order valence-electron chi connectivity index (χ2n) is 9.61. The first-order valence-corrected chi connectivity index (χ1v) is 11.3. The second-order valence-corrected chi connectivity index (χ2v) is 9.61. The molecule has 0 N–H and O–H groups in total. The van der Waals surface area contributed by atoms with Crippen molar-refractivity contribution in [2.45, 2.75) is 43.6 Å². The van der Waals surface area contributed by atoms with Crippen LogP contribution in [0.3, 0.4) is 0 Å². The molecule has 0 radical (unpaired) electrons. The maximum absolute atomic E-state index is 2.75. The molecule has 4 aliphatic carbocycles. The molecular formula is C28H29N. The van der Waals surface area contributed by atoms with Gasteiger partial charge in [-0.25, -0.2) is 0 Å². The molecule has 4 aliphatic rings. The van der Waals surface area contributed by atoms with E-state index < -0.39 is 0 Å². The Labute approximate surface area is 174 Å². The number of nitrogens with zero attached hydrogens (tertiary/aromatic N) is 1. The van der Waals surface area contributed by atoms with Crippen LogP contribution in [0.25, 0.3) is 0 Å². The Balaban J connectivity index is 1.57. The summed E-state index contributed by atoms with van der Waals surface area (Å²) in [6.07, 6.45) is 6.95. The summed E-state index contributed by atoms with van der Waals surface area (Å²) in [6, 6.07) is 33.8. The molecule has 0 spiro atoms. The highest BCUT2D eigenvalue weighted by Gasteiger charge is 2.60. The fourth-order valence-corrected chi connectivity index (χ4v) is 7.38. The topological polar surface area (TPSA) is 3.24 Å². The Hall–Kier alpha value is -2.54. The average molecular weight is 380 g/mol. The fraction of sp³-hybridized carbons (Fsp3) is 0.357. The normalized spacial score (nSPS) is 32.3. The molecule has 4 bridgehead atoms. The molecule has 1 nitrogen and oxygen atoms in total. The Morgan fingerprint density at radius 1 is 0.586 bits per heavy atom. The van der Waals surface area contributed by atoms with Gasteiger partial charge in [0.05, 0.1) is 5.54 Å². The van der Waals surface area contributed by atoms with Crippen LogP contribution in [0.5, 0.6) is 0 Å². The van der Waals surface area contributed by atoms with E-state index in [1.165, 1.54) is 43.5 Å². The summed E-state index contributed by atoms with van der Waals surface area (Å²) in [7, 11) is 0. The molecule has 7 rings (SSSR count). The van der Waals surface area contributed by atoms with Crippen LogP contribution in [0.1, 0.15) is 43.6 Å². The summed E-state index contributed by atoms with van der Waals surface area (Å²) in [5.41, 5.74) is 4.43. The van der Waals surface area contributed by atoms with Crippen molar-refractivity contribution in [2.75, 3.05) is 4.90 Å². The van der Waals surface area contributed by atoms with Crippen LogP contribution < -0.4 is 4.90 Å².